The Balaban J connectivity index is 1.47. The van der Waals surface area contributed by atoms with E-state index in [-0.39, 0.29) is 18.1 Å². The van der Waals surface area contributed by atoms with Gasteiger partial charge in [-0.05, 0) is 55.5 Å². The first kappa shape index (κ1) is 17.5. The number of ether oxygens (including phenoxy) is 1. The Kier molecular flexibility index (Phi) is 5.71. The van der Waals surface area contributed by atoms with Crippen LogP contribution in [0.1, 0.15) is 37.7 Å². The van der Waals surface area contributed by atoms with Gasteiger partial charge in [0.25, 0.3) is 0 Å². The SMILES string of the molecule is Cn1cc(CCC(=O)Nc2ccc(O[C@H]3CCCC[C@H]3O)cc2)cn1. The average Bonchev–Trinajstić information content (AvgIpc) is 3.02. The Bertz CT molecular complexity index is 696. The average molecular weight is 343 g/mol. The third-order valence-electron chi connectivity index (χ3n) is 4.49. The Hall–Kier alpha value is -2.34. The number of carbonyl (C=O) groups excluding carboxylic acids is 1. The van der Waals surface area contributed by atoms with Crippen LogP contribution in [0.25, 0.3) is 0 Å². The molecule has 2 N–H and O–H groups in total. The van der Waals surface area contributed by atoms with Crippen molar-refractivity contribution in [3.05, 3.63) is 42.2 Å². The second-order valence-electron chi connectivity index (χ2n) is 6.60. The lowest BCUT2D eigenvalue weighted by Gasteiger charge is -2.28. The van der Waals surface area contributed by atoms with Crippen LogP contribution in [0.3, 0.4) is 0 Å². The highest BCUT2D eigenvalue weighted by molar-refractivity contribution is 5.90. The van der Waals surface area contributed by atoms with Gasteiger partial charge < -0.3 is 15.2 Å². The quantitative estimate of drug-likeness (QED) is 0.845. The van der Waals surface area contributed by atoms with Crippen LogP contribution in [-0.2, 0) is 18.3 Å². The number of nitrogens with zero attached hydrogens (tertiary/aromatic N) is 2. The van der Waals surface area contributed by atoms with Gasteiger partial charge in [0, 0.05) is 25.4 Å². The minimum absolute atomic E-state index is 0.0276. The van der Waals surface area contributed by atoms with Gasteiger partial charge in [0.1, 0.15) is 11.9 Å². The molecule has 0 saturated heterocycles. The molecule has 0 aliphatic heterocycles. The van der Waals surface area contributed by atoms with Crippen molar-refractivity contribution in [1.82, 2.24) is 9.78 Å². The molecule has 0 radical (unpaired) electrons. The van der Waals surface area contributed by atoms with E-state index >= 15 is 0 Å². The van der Waals surface area contributed by atoms with Gasteiger partial charge in [-0.15, -0.1) is 0 Å². The highest BCUT2D eigenvalue weighted by Gasteiger charge is 2.24. The number of aliphatic hydroxyl groups is 1. The number of anilines is 1. The summed E-state index contributed by atoms with van der Waals surface area (Å²) in [4.78, 5) is 12.0. The van der Waals surface area contributed by atoms with Crippen molar-refractivity contribution < 1.29 is 14.6 Å². The number of aliphatic hydroxyl groups excluding tert-OH is 1. The first-order chi connectivity index (χ1) is 12.1. The Labute approximate surface area is 147 Å². The maximum Gasteiger partial charge on any atom is 0.224 e. The van der Waals surface area contributed by atoms with Crippen LogP contribution in [0.5, 0.6) is 5.75 Å². The number of carbonyl (C=O) groups is 1. The molecule has 1 aromatic carbocycles. The fourth-order valence-electron chi connectivity index (χ4n) is 3.09. The Morgan fingerprint density at radius 1 is 1.32 bits per heavy atom. The molecule has 6 nitrogen and oxygen atoms in total. The van der Waals surface area contributed by atoms with Crippen LogP contribution < -0.4 is 10.1 Å². The maximum absolute atomic E-state index is 12.0. The van der Waals surface area contributed by atoms with Gasteiger partial charge in [0.15, 0.2) is 0 Å². The van der Waals surface area contributed by atoms with E-state index in [1.54, 1.807) is 10.9 Å². The van der Waals surface area contributed by atoms with E-state index in [2.05, 4.69) is 10.4 Å². The molecular formula is C19H25N3O3. The number of rotatable bonds is 6. The molecule has 1 amide bonds. The van der Waals surface area contributed by atoms with Gasteiger partial charge in [-0.1, -0.05) is 6.42 Å². The van der Waals surface area contributed by atoms with Crippen LogP contribution in [-0.4, -0.2) is 33.0 Å². The minimum atomic E-state index is -0.388. The van der Waals surface area contributed by atoms with Crippen molar-refractivity contribution in [3.63, 3.8) is 0 Å². The van der Waals surface area contributed by atoms with Crippen molar-refractivity contribution in [2.45, 2.75) is 50.7 Å². The largest absolute Gasteiger partial charge is 0.488 e. The van der Waals surface area contributed by atoms with Gasteiger partial charge in [-0.25, -0.2) is 0 Å². The second kappa shape index (κ2) is 8.16. The van der Waals surface area contributed by atoms with Crippen molar-refractivity contribution in [2.75, 3.05) is 5.32 Å². The number of aryl methyl sites for hydroxylation is 2. The summed E-state index contributed by atoms with van der Waals surface area (Å²) in [5.41, 5.74) is 1.79. The number of aromatic nitrogens is 2. The van der Waals surface area contributed by atoms with Crippen molar-refractivity contribution in [1.29, 1.82) is 0 Å². The number of benzene rings is 1. The number of amides is 1. The van der Waals surface area contributed by atoms with Crippen LogP contribution in [0.4, 0.5) is 5.69 Å². The lowest BCUT2D eigenvalue weighted by molar-refractivity contribution is -0.116. The van der Waals surface area contributed by atoms with E-state index < -0.39 is 0 Å². The van der Waals surface area contributed by atoms with E-state index in [0.29, 0.717) is 12.8 Å². The Morgan fingerprint density at radius 3 is 2.76 bits per heavy atom. The van der Waals surface area contributed by atoms with Crippen molar-refractivity contribution >= 4 is 11.6 Å². The van der Waals surface area contributed by atoms with E-state index in [1.807, 2.05) is 37.5 Å². The first-order valence-electron chi connectivity index (χ1n) is 8.82. The lowest BCUT2D eigenvalue weighted by atomic mass is 9.95. The predicted molar refractivity (Wildman–Crippen MR) is 95.5 cm³/mol. The molecule has 2 atom stereocenters. The highest BCUT2D eigenvalue weighted by atomic mass is 16.5. The summed E-state index contributed by atoms with van der Waals surface area (Å²) in [6.45, 7) is 0. The first-order valence-corrected chi connectivity index (χ1v) is 8.82. The molecule has 1 saturated carbocycles. The zero-order valence-electron chi connectivity index (χ0n) is 14.5. The summed E-state index contributed by atoms with van der Waals surface area (Å²) >= 11 is 0. The standard InChI is InChI=1S/C19H25N3O3/c1-22-13-14(12-20-22)6-11-19(24)21-15-7-9-16(10-8-15)25-18-5-3-2-4-17(18)23/h7-10,12-13,17-18,23H,2-6,11H2,1H3,(H,21,24)/t17-,18+/m1/s1. The topological polar surface area (TPSA) is 76.4 Å². The van der Waals surface area contributed by atoms with E-state index in [1.165, 1.54) is 0 Å². The fraction of sp³-hybridized carbons (Fsp3) is 0.474. The molecular weight excluding hydrogens is 318 g/mol. The lowest BCUT2D eigenvalue weighted by Crippen LogP contribution is -2.34. The van der Waals surface area contributed by atoms with Crippen LogP contribution in [0.15, 0.2) is 36.7 Å². The highest BCUT2D eigenvalue weighted by Crippen LogP contribution is 2.25. The summed E-state index contributed by atoms with van der Waals surface area (Å²) in [6, 6.07) is 7.31. The van der Waals surface area contributed by atoms with Gasteiger partial charge in [0.05, 0.1) is 12.3 Å². The van der Waals surface area contributed by atoms with Crippen molar-refractivity contribution in [3.8, 4) is 5.75 Å². The van der Waals surface area contributed by atoms with E-state index in [4.69, 9.17) is 4.74 Å². The normalized spacial score (nSPS) is 20.2. The van der Waals surface area contributed by atoms with Gasteiger partial charge >= 0.3 is 0 Å². The third kappa shape index (κ3) is 5.06. The molecule has 1 aliphatic carbocycles. The Morgan fingerprint density at radius 2 is 2.08 bits per heavy atom. The van der Waals surface area contributed by atoms with Crippen LogP contribution in [0, 0.1) is 0 Å². The predicted octanol–water partition coefficient (Wildman–Crippen LogP) is 2.67. The molecule has 25 heavy (non-hydrogen) atoms. The molecule has 1 aliphatic rings. The summed E-state index contributed by atoms with van der Waals surface area (Å²) < 4.78 is 7.59. The number of hydrogen-bond acceptors (Lipinski definition) is 4. The smallest absolute Gasteiger partial charge is 0.224 e. The number of hydrogen-bond donors (Lipinski definition) is 2. The number of nitrogens with one attached hydrogen (secondary N) is 1. The molecule has 3 rings (SSSR count). The molecule has 2 aromatic rings. The summed E-state index contributed by atoms with van der Waals surface area (Å²) in [5.74, 6) is 0.694. The van der Waals surface area contributed by atoms with Crippen LogP contribution >= 0.6 is 0 Å². The molecule has 1 heterocycles. The summed E-state index contributed by atoms with van der Waals surface area (Å²) in [7, 11) is 1.86. The second-order valence-corrected chi connectivity index (χ2v) is 6.60. The fourth-order valence-corrected chi connectivity index (χ4v) is 3.09. The molecule has 6 heteroatoms. The van der Waals surface area contributed by atoms with Crippen molar-refractivity contribution in [2.24, 2.45) is 7.05 Å². The molecule has 0 spiro atoms. The van der Waals surface area contributed by atoms with Crippen LogP contribution in [0.2, 0.25) is 0 Å². The van der Waals surface area contributed by atoms with Gasteiger partial charge in [-0.2, -0.15) is 5.10 Å². The zero-order chi connectivity index (χ0) is 17.6. The molecule has 0 bridgehead atoms. The third-order valence-corrected chi connectivity index (χ3v) is 4.49. The molecule has 1 fully saturated rings. The van der Waals surface area contributed by atoms with Gasteiger partial charge in [-0.3, -0.25) is 9.48 Å². The zero-order valence-corrected chi connectivity index (χ0v) is 14.5. The summed E-state index contributed by atoms with van der Waals surface area (Å²) in [6.07, 6.45) is 8.09. The molecule has 0 unspecified atom stereocenters. The monoisotopic (exact) mass is 343 g/mol. The van der Waals surface area contributed by atoms with E-state index in [0.717, 1.165) is 42.7 Å². The molecule has 134 valence electrons. The summed E-state index contributed by atoms with van der Waals surface area (Å²) in [5, 5.41) is 17.0. The van der Waals surface area contributed by atoms with Gasteiger partial charge in [0.2, 0.25) is 5.91 Å². The van der Waals surface area contributed by atoms with E-state index in [9.17, 15) is 9.90 Å². The maximum atomic E-state index is 12.0. The minimum Gasteiger partial charge on any atom is -0.488 e. The molecule has 1 aromatic heterocycles.